The lowest BCUT2D eigenvalue weighted by Crippen LogP contribution is -2.13. The van der Waals surface area contributed by atoms with Gasteiger partial charge in [0, 0.05) is 12.5 Å². The smallest absolute Gasteiger partial charge is 0.267 e. The fourth-order valence-electron chi connectivity index (χ4n) is 3.06. The Morgan fingerprint density at radius 3 is 2.62 bits per heavy atom. The van der Waals surface area contributed by atoms with Gasteiger partial charge in [0.1, 0.15) is 23.2 Å². The first kappa shape index (κ1) is 24.4. The largest absolute Gasteiger partial charge is 0.493 e. The van der Waals surface area contributed by atoms with Crippen molar-refractivity contribution in [2.24, 2.45) is 0 Å². The fraction of sp³-hybridized carbons (Fsp3) is 0.269. The van der Waals surface area contributed by atoms with Gasteiger partial charge in [-0.1, -0.05) is 23.4 Å². The second kappa shape index (κ2) is 12.1. The first-order valence-electron chi connectivity index (χ1n) is 10.9. The van der Waals surface area contributed by atoms with Crippen molar-refractivity contribution in [3.63, 3.8) is 0 Å². The highest BCUT2D eigenvalue weighted by Crippen LogP contribution is 2.29. The highest BCUT2D eigenvalue weighted by atomic mass is 16.5. The number of aryl methyl sites for hydroxylation is 2. The molecule has 1 heterocycles. The highest BCUT2D eigenvalue weighted by Gasteiger charge is 2.13. The number of carbonyl (C=O) groups excluding carboxylic acids is 1. The number of ether oxygens (including phenoxy) is 3. The summed E-state index contributed by atoms with van der Waals surface area (Å²) in [6, 6.07) is 16.6. The third-order valence-electron chi connectivity index (χ3n) is 4.62. The molecule has 0 aliphatic carbocycles. The van der Waals surface area contributed by atoms with Crippen molar-refractivity contribution in [2.75, 3.05) is 25.1 Å². The zero-order chi connectivity index (χ0) is 24.3. The number of benzene rings is 2. The van der Waals surface area contributed by atoms with Crippen molar-refractivity contribution in [3.05, 3.63) is 71.0 Å². The number of amides is 1. The number of rotatable bonds is 11. The predicted molar refractivity (Wildman–Crippen MR) is 128 cm³/mol. The van der Waals surface area contributed by atoms with Crippen LogP contribution in [0.25, 0.3) is 6.08 Å². The van der Waals surface area contributed by atoms with E-state index in [0.717, 1.165) is 11.3 Å². The molecule has 8 nitrogen and oxygen atoms in total. The second-order valence-corrected chi connectivity index (χ2v) is 7.45. The van der Waals surface area contributed by atoms with Crippen LogP contribution in [-0.4, -0.2) is 30.9 Å². The number of anilines is 1. The molecule has 0 spiro atoms. The molecule has 0 fully saturated rings. The number of hydrogen-bond acceptors (Lipinski definition) is 7. The Morgan fingerprint density at radius 1 is 1.09 bits per heavy atom. The summed E-state index contributed by atoms with van der Waals surface area (Å²) in [6.07, 6.45) is 2.17. The van der Waals surface area contributed by atoms with Crippen LogP contribution in [0.3, 0.4) is 0 Å². The number of hydrogen-bond donors (Lipinski definition) is 1. The van der Waals surface area contributed by atoms with E-state index >= 15 is 0 Å². The van der Waals surface area contributed by atoms with E-state index < -0.39 is 5.91 Å². The lowest BCUT2D eigenvalue weighted by molar-refractivity contribution is -0.112. The Kier molecular flexibility index (Phi) is 8.69. The van der Waals surface area contributed by atoms with Crippen molar-refractivity contribution < 1.29 is 23.5 Å². The number of nitrogens with zero attached hydrogens (tertiary/aromatic N) is 2. The number of nitrogens with one attached hydrogen (secondary N) is 1. The van der Waals surface area contributed by atoms with Crippen LogP contribution < -0.4 is 19.5 Å². The average molecular weight is 462 g/mol. The maximum absolute atomic E-state index is 12.4. The molecular weight excluding hydrogens is 434 g/mol. The van der Waals surface area contributed by atoms with E-state index in [1.54, 1.807) is 31.2 Å². The van der Waals surface area contributed by atoms with Crippen molar-refractivity contribution in [2.45, 2.75) is 27.2 Å². The molecule has 3 rings (SSSR count). The maximum atomic E-state index is 12.4. The van der Waals surface area contributed by atoms with E-state index in [9.17, 15) is 10.1 Å². The topological polar surface area (TPSA) is 107 Å². The van der Waals surface area contributed by atoms with E-state index in [2.05, 4.69) is 10.5 Å². The molecule has 34 heavy (non-hydrogen) atoms. The van der Waals surface area contributed by atoms with E-state index in [1.165, 1.54) is 6.08 Å². The predicted octanol–water partition coefficient (Wildman–Crippen LogP) is 5.08. The number of carbonyl (C=O) groups is 1. The molecule has 2 aromatic carbocycles. The van der Waals surface area contributed by atoms with Crippen molar-refractivity contribution >= 4 is 17.8 Å². The third-order valence-corrected chi connectivity index (χ3v) is 4.62. The molecule has 0 saturated carbocycles. The van der Waals surface area contributed by atoms with E-state index in [0.29, 0.717) is 49.1 Å². The van der Waals surface area contributed by atoms with Gasteiger partial charge in [0.25, 0.3) is 5.91 Å². The molecule has 0 radical (unpaired) electrons. The molecular formula is C26H27N3O5. The van der Waals surface area contributed by atoms with Gasteiger partial charge in [-0.3, -0.25) is 4.79 Å². The van der Waals surface area contributed by atoms with Gasteiger partial charge in [-0.25, -0.2) is 0 Å². The fourth-order valence-corrected chi connectivity index (χ4v) is 3.06. The third kappa shape index (κ3) is 7.14. The Morgan fingerprint density at radius 2 is 1.91 bits per heavy atom. The summed E-state index contributed by atoms with van der Waals surface area (Å²) in [6.45, 7) is 7.02. The van der Waals surface area contributed by atoms with Crippen LogP contribution in [0.1, 0.15) is 30.2 Å². The monoisotopic (exact) mass is 461 g/mol. The Hall–Kier alpha value is -4.25. The molecule has 0 aliphatic heterocycles. The highest BCUT2D eigenvalue weighted by molar-refractivity contribution is 6.09. The summed E-state index contributed by atoms with van der Waals surface area (Å²) in [7, 11) is 0. The molecule has 0 unspecified atom stereocenters. The van der Waals surface area contributed by atoms with Crippen LogP contribution in [0.4, 0.5) is 5.82 Å². The Bertz CT molecular complexity index is 1190. The number of nitriles is 1. The summed E-state index contributed by atoms with van der Waals surface area (Å²) in [5, 5.41) is 15.7. The summed E-state index contributed by atoms with van der Waals surface area (Å²) < 4.78 is 22.2. The van der Waals surface area contributed by atoms with E-state index in [1.807, 2.05) is 44.2 Å². The van der Waals surface area contributed by atoms with Crippen LogP contribution in [0.5, 0.6) is 17.2 Å². The van der Waals surface area contributed by atoms with Gasteiger partial charge in [0.15, 0.2) is 17.3 Å². The molecule has 176 valence electrons. The van der Waals surface area contributed by atoms with E-state index in [4.69, 9.17) is 18.7 Å². The first-order valence-corrected chi connectivity index (χ1v) is 10.9. The molecule has 3 aromatic rings. The molecule has 1 aromatic heterocycles. The van der Waals surface area contributed by atoms with Gasteiger partial charge in [-0.05, 0) is 62.2 Å². The standard InChI is InChI=1S/C26H27N3O5/c1-4-31-24-16-20(15-21(17-27)26(30)28-25-14-19(3)34-29-25)9-10-23(24)33-12-6-11-32-22-8-5-7-18(2)13-22/h5,7-10,13-16H,4,6,11-12H2,1-3H3,(H,28,29,30)/b21-15-. The molecule has 0 aliphatic rings. The molecule has 0 saturated heterocycles. The summed E-state index contributed by atoms with van der Waals surface area (Å²) in [4.78, 5) is 12.4. The zero-order valence-electron chi connectivity index (χ0n) is 19.5. The minimum absolute atomic E-state index is 0.0786. The molecule has 1 amide bonds. The minimum Gasteiger partial charge on any atom is -0.493 e. The SMILES string of the molecule is CCOc1cc(/C=C(/C#N)C(=O)Nc2cc(C)on2)ccc1OCCCOc1cccc(C)c1. The van der Waals surface area contributed by atoms with Gasteiger partial charge in [0.05, 0.1) is 19.8 Å². The van der Waals surface area contributed by atoms with Gasteiger partial charge in [-0.2, -0.15) is 5.26 Å². The lowest BCUT2D eigenvalue weighted by atomic mass is 10.1. The van der Waals surface area contributed by atoms with Crippen LogP contribution in [0.2, 0.25) is 0 Å². The normalized spacial score (nSPS) is 10.9. The van der Waals surface area contributed by atoms with Crippen LogP contribution >= 0.6 is 0 Å². The Balaban J connectivity index is 1.60. The van der Waals surface area contributed by atoms with Crippen LogP contribution in [0, 0.1) is 25.2 Å². The van der Waals surface area contributed by atoms with Crippen molar-refractivity contribution in [1.29, 1.82) is 5.26 Å². The first-order chi connectivity index (χ1) is 16.5. The molecule has 0 atom stereocenters. The quantitative estimate of drug-likeness (QED) is 0.241. The van der Waals surface area contributed by atoms with Gasteiger partial charge in [-0.15, -0.1) is 0 Å². The summed E-state index contributed by atoms with van der Waals surface area (Å²) in [5.41, 5.74) is 1.70. The van der Waals surface area contributed by atoms with Gasteiger partial charge < -0.3 is 24.1 Å². The molecule has 0 bridgehead atoms. The molecule has 1 N–H and O–H groups in total. The van der Waals surface area contributed by atoms with E-state index in [-0.39, 0.29) is 11.4 Å². The van der Waals surface area contributed by atoms with Crippen LogP contribution in [0.15, 0.2) is 58.6 Å². The minimum atomic E-state index is -0.581. The van der Waals surface area contributed by atoms with Gasteiger partial charge >= 0.3 is 0 Å². The zero-order valence-corrected chi connectivity index (χ0v) is 19.5. The number of aromatic nitrogens is 1. The summed E-state index contributed by atoms with van der Waals surface area (Å²) >= 11 is 0. The van der Waals surface area contributed by atoms with Crippen LogP contribution in [-0.2, 0) is 4.79 Å². The molecule has 8 heteroatoms. The maximum Gasteiger partial charge on any atom is 0.267 e. The van der Waals surface area contributed by atoms with Gasteiger partial charge in [0.2, 0.25) is 0 Å². The second-order valence-electron chi connectivity index (χ2n) is 7.45. The van der Waals surface area contributed by atoms with Crippen molar-refractivity contribution in [1.82, 2.24) is 5.16 Å². The Labute approximate surface area is 198 Å². The van der Waals surface area contributed by atoms with Crippen molar-refractivity contribution in [3.8, 4) is 23.3 Å². The average Bonchev–Trinajstić information content (AvgIpc) is 3.23. The summed E-state index contributed by atoms with van der Waals surface area (Å²) in [5.74, 6) is 2.16. The lowest BCUT2D eigenvalue weighted by Gasteiger charge is -2.13.